The summed E-state index contributed by atoms with van der Waals surface area (Å²) >= 11 is 0. The van der Waals surface area contributed by atoms with Gasteiger partial charge in [-0.3, -0.25) is 19.4 Å². The molecule has 14 nitrogen and oxygen atoms in total. The van der Waals surface area contributed by atoms with Crippen LogP contribution in [0.3, 0.4) is 0 Å². The predicted molar refractivity (Wildman–Crippen MR) is 208 cm³/mol. The maximum Gasteiger partial charge on any atom is 0.410 e. The standard InChI is InChI=1S/C42H50N8O6/c1-41(2,3)55-39(53)49-21-17-33(49)37(51)47-19-7-9-31(47)35-43-27-15-13-25(23-29(27)45-35)11-12-26-14-16-28-30(24-26)46-36(44-28)32-10-8-20-48(32)38(52)34-18-22-50(34)40(54)56-42(4,5)6/h13-16,23-24,31-34H,7-10,17-22H2,1-6H3,(H,43,45)(H,44,46)/t31-,32?,33-,34-/m0/s1. The van der Waals surface area contributed by atoms with Gasteiger partial charge in [-0.15, -0.1) is 0 Å². The lowest BCUT2D eigenvalue weighted by Gasteiger charge is -2.42. The van der Waals surface area contributed by atoms with Gasteiger partial charge in [0.15, 0.2) is 0 Å². The van der Waals surface area contributed by atoms with E-state index in [1.54, 1.807) is 0 Å². The Labute approximate surface area is 326 Å². The first kappa shape index (κ1) is 37.3. The van der Waals surface area contributed by atoms with Gasteiger partial charge in [0.05, 0.1) is 34.2 Å². The van der Waals surface area contributed by atoms with Crippen LogP contribution in [0.1, 0.15) is 115 Å². The molecule has 6 heterocycles. The van der Waals surface area contributed by atoms with E-state index in [4.69, 9.17) is 19.4 Å². The quantitative estimate of drug-likeness (QED) is 0.233. The summed E-state index contributed by atoms with van der Waals surface area (Å²) in [6.45, 7) is 13.2. The summed E-state index contributed by atoms with van der Waals surface area (Å²) in [7, 11) is 0. The molecule has 4 aromatic rings. The molecule has 0 saturated carbocycles. The highest BCUT2D eigenvalue weighted by Gasteiger charge is 2.46. The van der Waals surface area contributed by atoms with Crippen molar-refractivity contribution in [1.29, 1.82) is 0 Å². The van der Waals surface area contributed by atoms with Gasteiger partial charge in [0.25, 0.3) is 0 Å². The number of carbonyl (C=O) groups excluding carboxylic acids is 4. The second-order valence-corrected chi connectivity index (χ2v) is 17.3. The van der Waals surface area contributed by atoms with Crippen LogP contribution in [0.25, 0.3) is 22.1 Å². The van der Waals surface area contributed by atoms with Crippen molar-refractivity contribution in [1.82, 2.24) is 39.5 Å². The summed E-state index contributed by atoms with van der Waals surface area (Å²) < 4.78 is 11.1. The molecule has 1 unspecified atom stereocenters. The molecule has 56 heavy (non-hydrogen) atoms. The molecule has 0 spiro atoms. The summed E-state index contributed by atoms with van der Waals surface area (Å²) in [5.41, 5.74) is 3.62. The van der Waals surface area contributed by atoms with Gasteiger partial charge in [-0.2, -0.15) is 0 Å². The van der Waals surface area contributed by atoms with E-state index in [0.29, 0.717) is 39.0 Å². The van der Waals surface area contributed by atoms with Crippen LogP contribution in [0.5, 0.6) is 0 Å². The Morgan fingerprint density at radius 1 is 0.607 bits per heavy atom. The lowest BCUT2D eigenvalue weighted by molar-refractivity contribution is -0.142. The fraction of sp³-hybridized carbons (Fsp3) is 0.524. The van der Waals surface area contributed by atoms with Crippen LogP contribution < -0.4 is 0 Å². The lowest BCUT2D eigenvalue weighted by Crippen LogP contribution is -2.59. The lowest BCUT2D eigenvalue weighted by atomic mass is 10.0. The molecule has 4 amide bonds. The second-order valence-electron chi connectivity index (χ2n) is 17.3. The minimum Gasteiger partial charge on any atom is -0.444 e. The van der Waals surface area contributed by atoms with E-state index in [2.05, 4.69) is 21.8 Å². The van der Waals surface area contributed by atoms with Gasteiger partial charge in [-0.1, -0.05) is 11.8 Å². The van der Waals surface area contributed by atoms with E-state index in [0.717, 1.165) is 70.5 Å². The molecule has 4 saturated heterocycles. The molecule has 2 N–H and O–H groups in total. The zero-order chi connectivity index (χ0) is 39.5. The minimum absolute atomic E-state index is 0.0630. The monoisotopic (exact) mass is 762 g/mol. The number of hydrogen-bond acceptors (Lipinski definition) is 8. The molecule has 0 aliphatic carbocycles. The Balaban J connectivity index is 0.937. The van der Waals surface area contributed by atoms with Crippen LogP contribution in [0.2, 0.25) is 0 Å². The van der Waals surface area contributed by atoms with E-state index < -0.39 is 35.5 Å². The summed E-state index contributed by atoms with van der Waals surface area (Å²) in [4.78, 5) is 76.2. The van der Waals surface area contributed by atoms with E-state index >= 15 is 0 Å². The molecule has 8 rings (SSSR count). The van der Waals surface area contributed by atoms with E-state index in [9.17, 15) is 19.2 Å². The number of nitrogens with one attached hydrogen (secondary N) is 2. The van der Waals surface area contributed by atoms with Crippen LogP contribution in [0.4, 0.5) is 9.59 Å². The third-order valence-corrected chi connectivity index (χ3v) is 10.9. The molecule has 0 radical (unpaired) electrons. The molecule has 2 aromatic carbocycles. The van der Waals surface area contributed by atoms with Crippen molar-refractivity contribution in [3.63, 3.8) is 0 Å². The number of likely N-dealkylation sites (tertiary alicyclic amines) is 4. The average molecular weight is 763 g/mol. The van der Waals surface area contributed by atoms with Crippen molar-refractivity contribution < 1.29 is 28.7 Å². The van der Waals surface area contributed by atoms with Gasteiger partial charge >= 0.3 is 12.2 Å². The number of ether oxygens (including phenoxy) is 2. The fourth-order valence-corrected chi connectivity index (χ4v) is 8.05. The number of hydrogen-bond donors (Lipinski definition) is 2. The Kier molecular flexibility index (Phi) is 9.45. The number of rotatable bonds is 4. The van der Waals surface area contributed by atoms with E-state index in [-0.39, 0.29) is 23.9 Å². The zero-order valence-corrected chi connectivity index (χ0v) is 33.0. The first-order valence-electron chi connectivity index (χ1n) is 19.7. The molecule has 14 heteroatoms. The Hall–Kier alpha value is -5.58. The first-order valence-corrected chi connectivity index (χ1v) is 19.7. The highest BCUT2D eigenvalue weighted by atomic mass is 16.6. The van der Waals surface area contributed by atoms with Crippen molar-refractivity contribution in [2.45, 2.75) is 115 Å². The number of aromatic amines is 2. The van der Waals surface area contributed by atoms with Crippen LogP contribution in [0.15, 0.2) is 36.4 Å². The fourth-order valence-electron chi connectivity index (χ4n) is 8.05. The van der Waals surface area contributed by atoms with Crippen molar-refractivity contribution in [3.8, 4) is 11.8 Å². The van der Waals surface area contributed by atoms with Gasteiger partial charge in [-0.05, 0) is 116 Å². The molecular weight excluding hydrogens is 713 g/mol. The van der Waals surface area contributed by atoms with Gasteiger partial charge in [0.2, 0.25) is 11.8 Å². The zero-order valence-electron chi connectivity index (χ0n) is 33.0. The van der Waals surface area contributed by atoms with E-state index in [1.807, 2.05) is 87.7 Å². The number of fused-ring (bicyclic) bond motifs is 2. The van der Waals surface area contributed by atoms with Crippen molar-refractivity contribution in [2.75, 3.05) is 26.2 Å². The third-order valence-electron chi connectivity index (χ3n) is 10.9. The number of carbonyl (C=O) groups is 4. The molecule has 4 atom stereocenters. The number of aromatic nitrogens is 4. The van der Waals surface area contributed by atoms with Crippen LogP contribution in [-0.4, -0.2) is 113 Å². The average Bonchev–Trinajstić information content (AvgIpc) is 3.89. The van der Waals surface area contributed by atoms with Crippen molar-refractivity contribution in [3.05, 3.63) is 59.2 Å². The molecule has 4 aliphatic heterocycles. The van der Waals surface area contributed by atoms with Crippen LogP contribution >= 0.6 is 0 Å². The number of H-pyrrole nitrogens is 2. The first-order chi connectivity index (χ1) is 26.6. The van der Waals surface area contributed by atoms with Gasteiger partial charge in [0.1, 0.15) is 34.9 Å². The topological polar surface area (TPSA) is 157 Å². The predicted octanol–water partition coefficient (Wildman–Crippen LogP) is 6.18. The van der Waals surface area contributed by atoms with Crippen molar-refractivity contribution >= 4 is 46.1 Å². The number of benzene rings is 2. The maximum absolute atomic E-state index is 13.7. The highest BCUT2D eigenvalue weighted by molar-refractivity contribution is 5.89. The Morgan fingerprint density at radius 3 is 1.38 bits per heavy atom. The third kappa shape index (κ3) is 7.39. The molecule has 4 aliphatic rings. The van der Waals surface area contributed by atoms with Crippen LogP contribution in [0, 0.1) is 11.8 Å². The minimum atomic E-state index is -0.626. The maximum atomic E-state index is 13.7. The molecule has 2 aromatic heterocycles. The number of amides is 4. The SMILES string of the molecule is CC(C)(C)OC(=O)N1CC[C@H]1C(=O)N1CCCC1c1nc2cc(C#Cc3ccc4[nH]c([C@@H]5CCCN5C(=O)[C@@H]5CCN5C(=O)OC(C)(C)C)nc4c3)ccc2[nH]1. The number of imidazole rings is 2. The summed E-state index contributed by atoms with van der Waals surface area (Å²) in [5.74, 6) is 7.88. The summed E-state index contributed by atoms with van der Waals surface area (Å²) in [6.07, 6.45) is 3.63. The highest BCUT2D eigenvalue weighted by Crippen LogP contribution is 2.36. The second kappa shape index (κ2) is 14.2. The molecule has 0 bridgehead atoms. The molecule has 4 fully saturated rings. The van der Waals surface area contributed by atoms with Gasteiger partial charge in [0, 0.05) is 37.3 Å². The largest absolute Gasteiger partial charge is 0.444 e. The van der Waals surface area contributed by atoms with Crippen LogP contribution in [-0.2, 0) is 19.1 Å². The van der Waals surface area contributed by atoms with Gasteiger partial charge < -0.3 is 29.2 Å². The smallest absolute Gasteiger partial charge is 0.410 e. The summed E-state index contributed by atoms with van der Waals surface area (Å²) in [5, 5.41) is 0. The van der Waals surface area contributed by atoms with E-state index in [1.165, 1.54) is 9.80 Å². The van der Waals surface area contributed by atoms with Crippen molar-refractivity contribution in [2.24, 2.45) is 0 Å². The summed E-state index contributed by atoms with van der Waals surface area (Å²) in [6, 6.07) is 10.3. The molecule has 294 valence electrons. The Bertz CT molecular complexity index is 2110. The number of nitrogens with zero attached hydrogens (tertiary/aromatic N) is 6. The normalized spacial score (nSPS) is 22.5. The Morgan fingerprint density at radius 2 is 1.02 bits per heavy atom. The molecular formula is C42H50N8O6. The van der Waals surface area contributed by atoms with Gasteiger partial charge in [-0.25, -0.2) is 19.6 Å².